The summed E-state index contributed by atoms with van der Waals surface area (Å²) < 4.78 is 33.4. The Morgan fingerprint density at radius 3 is 1.97 bits per heavy atom. The first kappa shape index (κ1) is 33.6. The summed E-state index contributed by atoms with van der Waals surface area (Å²) in [5.41, 5.74) is 0. The zero-order valence-electron chi connectivity index (χ0n) is 19.1. The van der Waals surface area contributed by atoms with Gasteiger partial charge in [-0.1, -0.05) is 6.92 Å². The Bertz CT molecular complexity index is 608. The molecule has 4 N–H and O–H groups in total. The van der Waals surface area contributed by atoms with Crippen LogP contribution in [0.25, 0.3) is 0 Å². The molecule has 0 radical (unpaired) electrons. The van der Waals surface area contributed by atoms with Crippen LogP contribution in [0.2, 0.25) is 0 Å². The quantitative estimate of drug-likeness (QED) is 0.0706. The molecule has 198 valence electrons. The third-order valence-electron chi connectivity index (χ3n) is 4.32. The zero-order valence-corrected chi connectivity index (χ0v) is 23.2. The van der Waals surface area contributed by atoms with E-state index in [1.165, 1.54) is 42.4 Å². The maximum atomic E-state index is 12.0. The largest absolute Gasteiger partial charge is 0.465 e. The van der Waals surface area contributed by atoms with Gasteiger partial charge in [-0.2, -0.15) is 47.9 Å². The lowest BCUT2D eigenvalue weighted by Crippen LogP contribution is -2.31. The number of rotatable bonds is 21. The normalized spacial score (nSPS) is 16.7. The molecule has 0 aliphatic heterocycles. The van der Waals surface area contributed by atoms with Crippen LogP contribution in [0.5, 0.6) is 0 Å². The average molecular weight is 571 g/mol. The minimum absolute atomic E-state index is 0.00504. The van der Waals surface area contributed by atoms with Crippen LogP contribution < -0.4 is 0 Å². The standard InChI is InChI=1S/C19H38O9S5/c1-14(19(24)28-3-5-30-11-16(21)15(20)9-29)10-32-13-18(23)17(22)12-31-6-8-33(25,26)7-4-27-2/h14-18,20-23,29H,3-13H2,1-2H3. The molecule has 0 amide bonds. The van der Waals surface area contributed by atoms with Crippen molar-refractivity contribution in [2.75, 3.05) is 72.1 Å². The van der Waals surface area contributed by atoms with Crippen molar-refractivity contribution in [3.63, 3.8) is 0 Å². The summed E-state index contributed by atoms with van der Waals surface area (Å²) in [6.07, 6.45) is -3.71. The number of aliphatic hydroxyl groups is 4. The van der Waals surface area contributed by atoms with Crippen molar-refractivity contribution in [1.82, 2.24) is 0 Å². The molecule has 0 aromatic rings. The van der Waals surface area contributed by atoms with Gasteiger partial charge in [-0.05, 0) is 0 Å². The molecule has 5 unspecified atom stereocenters. The first-order valence-electron chi connectivity index (χ1n) is 10.5. The van der Waals surface area contributed by atoms with Crippen molar-refractivity contribution >= 4 is 63.7 Å². The molecule has 0 saturated carbocycles. The molecule has 0 saturated heterocycles. The third-order valence-corrected chi connectivity index (χ3v) is 9.98. The molecule has 0 aromatic heterocycles. The van der Waals surface area contributed by atoms with E-state index >= 15 is 0 Å². The Kier molecular flexibility index (Phi) is 20.1. The SMILES string of the molecule is COCCS(=O)(=O)CCSCC(O)C(O)CSCC(C)C(=O)OCCSCC(O)C(O)CS. The van der Waals surface area contributed by atoms with Crippen LogP contribution >= 0.6 is 47.9 Å². The molecule has 14 heteroatoms. The Hall–Kier alpha value is 0.620. The van der Waals surface area contributed by atoms with Crippen molar-refractivity contribution in [2.45, 2.75) is 31.3 Å². The predicted molar refractivity (Wildman–Crippen MR) is 141 cm³/mol. The molecule has 9 nitrogen and oxygen atoms in total. The van der Waals surface area contributed by atoms with Gasteiger partial charge in [0.15, 0.2) is 9.84 Å². The predicted octanol–water partition coefficient (Wildman–Crippen LogP) is -0.200. The summed E-state index contributed by atoms with van der Waals surface area (Å²) in [6.45, 7) is 2.07. The van der Waals surface area contributed by atoms with Gasteiger partial charge in [0.2, 0.25) is 0 Å². The second-order valence-electron chi connectivity index (χ2n) is 7.35. The number of carbonyl (C=O) groups is 1. The van der Waals surface area contributed by atoms with Gasteiger partial charge in [-0.25, -0.2) is 8.42 Å². The Balaban J connectivity index is 3.90. The molecule has 0 aliphatic rings. The van der Waals surface area contributed by atoms with Crippen LogP contribution in [0, 0.1) is 5.92 Å². The molecule has 0 spiro atoms. The number of sulfone groups is 1. The third kappa shape index (κ3) is 17.7. The number of ether oxygens (including phenoxy) is 2. The summed E-state index contributed by atoms with van der Waals surface area (Å²) >= 11 is 7.87. The molecule has 0 fully saturated rings. The average Bonchev–Trinajstić information content (AvgIpc) is 2.78. The minimum atomic E-state index is -3.18. The van der Waals surface area contributed by atoms with E-state index in [2.05, 4.69) is 12.6 Å². The summed E-state index contributed by atoms with van der Waals surface area (Å²) in [7, 11) is -1.73. The highest BCUT2D eigenvalue weighted by molar-refractivity contribution is 8.00. The number of esters is 1. The Labute approximate surface area is 215 Å². The van der Waals surface area contributed by atoms with E-state index in [0.717, 1.165) is 0 Å². The van der Waals surface area contributed by atoms with E-state index in [9.17, 15) is 33.6 Å². The molecule has 0 heterocycles. The fourth-order valence-electron chi connectivity index (χ4n) is 2.14. The lowest BCUT2D eigenvalue weighted by molar-refractivity contribution is -0.146. The lowest BCUT2D eigenvalue weighted by Gasteiger charge is -2.18. The van der Waals surface area contributed by atoms with Crippen molar-refractivity contribution in [3.8, 4) is 0 Å². The van der Waals surface area contributed by atoms with E-state index in [-0.39, 0.29) is 53.9 Å². The number of aliphatic hydroxyl groups excluding tert-OH is 4. The van der Waals surface area contributed by atoms with Crippen molar-refractivity contribution in [3.05, 3.63) is 0 Å². The van der Waals surface area contributed by atoms with Crippen LogP contribution in [-0.4, -0.2) is 131 Å². The molecular weight excluding hydrogens is 533 g/mol. The van der Waals surface area contributed by atoms with Crippen molar-refractivity contribution < 1.29 is 43.1 Å². The van der Waals surface area contributed by atoms with Gasteiger partial charge in [0.05, 0.1) is 48.4 Å². The van der Waals surface area contributed by atoms with Gasteiger partial charge in [0.1, 0.15) is 6.61 Å². The summed E-state index contributed by atoms with van der Waals surface area (Å²) in [5.74, 6) is 1.44. The topological polar surface area (TPSA) is 151 Å². The number of carbonyl (C=O) groups excluding carboxylic acids is 1. The van der Waals surface area contributed by atoms with Crippen LogP contribution in [0.3, 0.4) is 0 Å². The monoisotopic (exact) mass is 570 g/mol. The van der Waals surface area contributed by atoms with Gasteiger partial charge in [0.25, 0.3) is 0 Å². The maximum Gasteiger partial charge on any atom is 0.309 e. The van der Waals surface area contributed by atoms with Crippen LogP contribution in [0.1, 0.15) is 6.92 Å². The van der Waals surface area contributed by atoms with Crippen molar-refractivity contribution in [1.29, 1.82) is 0 Å². The highest BCUT2D eigenvalue weighted by Crippen LogP contribution is 2.15. The summed E-state index contributed by atoms with van der Waals surface area (Å²) in [4.78, 5) is 12.0. The van der Waals surface area contributed by atoms with E-state index in [1.54, 1.807) is 6.92 Å². The molecule has 0 aliphatic carbocycles. The Morgan fingerprint density at radius 2 is 1.39 bits per heavy atom. The van der Waals surface area contributed by atoms with E-state index in [1.807, 2.05) is 0 Å². The molecule has 0 bridgehead atoms. The molecule has 0 aromatic carbocycles. The van der Waals surface area contributed by atoms with Crippen LogP contribution in [0.15, 0.2) is 0 Å². The van der Waals surface area contributed by atoms with Gasteiger partial charge in [-0.3, -0.25) is 4.79 Å². The fourth-order valence-corrected chi connectivity index (χ4v) is 7.04. The second kappa shape index (κ2) is 19.8. The molecular formula is C19H38O9S5. The highest BCUT2D eigenvalue weighted by Gasteiger charge is 2.20. The number of hydrogen-bond acceptors (Lipinski definition) is 13. The first-order valence-corrected chi connectivity index (χ1v) is 16.4. The lowest BCUT2D eigenvalue weighted by atomic mass is 10.2. The summed E-state index contributed by atoms with van der Waals surface area (Å²) in [6, 6.07) is 0. The van der Waals surface area contributed by atoms with Gasteiger partial charge in [-0.15, -0.1) is 0 Å². The van der Waals surface area contributed by atoms with Crippen molar-refractivity contribution in [2.24, 2.45) is 5.92 Å². The van der Waals surface area contributed by atoms with E-state index in [4.69, 9.17) is 9.47 Å². The number of thiol groups is 1. The number of methoxy groups -OCH3 is 1. The van der Waals surface area contributed by atoms with E-state index < -0.39 is 34.3 Å². The van der Waals surface area contributed by atoms with E-state index in [0.29, 0.717) is 23.0 Å². The smallest absolute Gasteiger partial charge is 0.309 e. The number of thioether (sulfide) groups is 3. The van der Waals surface area contributed by atoms with Gasteiger partial charge < -0.3 is 29.9 Å². The maximum absolute atomic E-state index is 12.0. The second-order valence-corrected chi connectivity index (χ2v) is 13.4. The Morgan fingerprint density at radius 1 is 0.848 bits per heavy atom. The molecule has 33 heavy (non-hydrogen) atoms. The van der Waals surface area contributed by atoms with Crippen LogP contribution in [0.4, 0.5) is 0 Å². The fraction of sp³-hybridized carbons (Fsp3) is 0.947. The minimum Gasteiger partial charge on any atom is -0.465 e. The number of hydrogen-bond donors (Lipinski definition) is 5. The van der Waals surface area contributed by atoms with Gasteiger partial charge >= 0.3 is 5.97 Å². The molecule has 5 atom stereocenters. The highest BCUT2D eigenvalue weighted by atomic mass is 32.2. The molecule has 0 rings (SSSR count). The zero-order chi connectivity index (χ0) is 25.3. The summed E-state index contributed by atoms with van der Waals surface area (Å²) in [5, 5.41) is 39.1. The first-order chi connectivity index (χ1) is 15.5. The van der Waals surface area contributed by atoms with Crippen LogP contribution in [-0.2, 0) is 24.1 Å². The van der Waals surface area contributed by atoms with Gasteiger partial charge in [0, 0.05) is 47.4 Å².